The zero-order valence-electron chi connectivity index (χ0n) is 12.2. The van der Waals surface area contributed by atoms with Crippen LogP contribution in [0, 0.1) is 5.92 Å². The van der Waals surface area contributed by atoms with E-state index in [4.69, 9.17) is 4.74 Å². The first-order chi connectivity index (χ1) is 10.2. The Hall–Kier alpha value is -2.10. The summed E-state index contributed by atoms with van der Waals surface area (Å²) >= 11 is 0. The van der Waals surface area contributed by atoms with Crippen LogP contribution in [-0.2, 0) is 14.3 Å². The molecule has 2 atom stereocenters. The number of amides is 1. The Morgan fingerprint density at radius 3 is 2.67 bits per heavy atom. The van der Waals surface area contributed by atoms with Gasteiger partial charge in [0.15, 0.2) is 0 Å². The SMILES string of the molecule is C[C@H]1CC=CCCC(=O)N[C@@H](c2ccccc2)COC1=O. The number of cyclic esters (lactones) is 1. The summed E-state index contributed by atoms with van der Waals surface area (Å²) in [6, 6.07) is 9.29. The highest BCUT2D eigenvalue weighted by molar-refractivity contribution is 5.77. The van der Waals surface area contributed by atoms with Gasteiger partial charge in [-0.05, 0) is 18.4 Å². The van der Waals surface area contributed by atoms with Gasteiger partial charge in [-0.15, -0.1) is 0 Å². The largest absolute Gasteiger partial charge is 0.463 e. The Labute approximate surface area is 125 Å². The number of hydrogen-bond donors (Lipinski definition) is 1. The van der Waals surface area contributed by atoms with Gasteiger partial charge in [-0.2, -0.15) is 0 Å². The van der Waals surface area contributed by atoms with E-state index in [0.717, 1.165) is 5.56 Å². The predicted octanol–water partition coefficient (Wildman–Crippen LogP) is 2.76. The molecule has 0 radical (unpaired) electrons. The van der Waals surface area contributed by atoms with Crippen LogP contribution in [-0.4, -0.2) is 18.5 Å². The quantitative estimate of drug-likeness (QED) is 0.638. The minimum atomic E-state index is -0.293. The van der Waals surface area contributed by atoms with Crippen molar-refractivity contribution in [1.82, 2.24) is 5.32 Å². The Kier molecular flexibility index (Phi) is 5.55. The van der Waals surface area contributed by atoms with Crippen molar-refractivity contribution in [3.63, 3.8) is 0 Å². The van der Waals surface area contributed by atoms with E-state index in [9.17, 15) is 9.59 Å². The summed E-state index contributed by atoms with van der Waals surface area (Å²) in [5.74, 6) is -0.415. The maximum absolute atomic E-state index is 11.9. The van der Waals surface area contributed by atoms with Gasteiger partial charge in [0.25, 0.3) is 0 Å². The lowest BCUT2D eigenvalue weighted by Gasteiger charge is -2.20. The molecule has 112 valence electrons. The Morgan fingerprint density at radius 2 is 1.90 bits per heavy atom. The van der Waals surface area contributed by atoms with Crippen molar-refractivity contribution in [1.29, 1.82) is 0 Å². The first-order valence-corrected chi connectivity index (χ1v) is 7.32. The van der Waals surface area contributed by atoms with Gasteiger partial charge in [0.1, 0.15) is 6.61 Å². The van der Waals surface area contributed by atoms with Crippen LogP contribution in [0.2, 0.25) is 0 Å². The van der Waals surface area contributed by atoms with Crippen LogP contribution in [0.15, 0.2) is 42.5 Å². The van der Waals surface area contributed by atoms with Crippen LogP contribution in [0.4, 0.5) is 0 Å². The highest BCUT2D eigenvalue weighted by Crippen LogP contribution is 2.16. The summed E-state index contributed by atoms with van der Waals surface area (Å²) in [6.07, 6.45) is 5.67. The van der Waals surface area contributed by atoms with Crippen molar-refractivity contribution in [2.24, 2.45) is 5.92 Å². The topological polar surface area (TPSA) is 55.4 Å². The Balaban J connectivity index is 2.13. The van der Waals surface area contributed by atoms with Crippen molar-refractivity contribution >= 4 is 11.9 Å². The molecule has 1 heterocycles. The van der Waals surface area contributed by atoms with Gasteiger partial charge in [-0.3, -0.25) is 9.59 Å². The van der Waals surface area contributed by atoms with Gasteiger partial charge >= 0.3 is 5.97 Å². The third-order valence-corrected chi connectivity index (χ3v) is 3.53. The van der Waals surface area contributed by atoms with Crippen LogP contribution >= 0.6 is 0 Å². The molecule has 21 heavy (non-hydrogen) atoms. The molecule has 0 bridgehead atoms. The maximum Gasteiger partial charge on any atom is 0.309 e. The maximum atomic E-state index is 11.9. The van der Waals surface area contributed by atoms with Gasteiger partial charge in [0.2, 0.25) is 5.91 Å². The van der Waals surface area contributed by atoms with Crippen LogP contribution in [0.25, 0.3) is 0 Å². The average molecular weight is 287 g/mol. The minimum absolute atomic E-state index is 0.0295. The lowest BCUT2D eigenvalue weighted by molar-refractivity contribution is -0.149. The first-order valence-electron chi connectivity index (χ1n) is 7.32. The first kappa shape index (κ1) is 15.3. The summed E-state index contributed by atoms with van der Waals surface area (Å²) in [6.45, 7) is 2.02. The molecule has 0 spiro atoms. The zero-order valence-corrected chi connectivity index (χ0v) is 12.2. The van der Waals surface area contributed by atoms with Crippen molar-refractivity contribution in [2.75, 3.05) is 6.61 Å². The summed E-state index contributed by atoms with van der Waals surface area (Å²) in [5.41, 5.74) is 0.943. The normalized spacial score (nSPS) is 24.4. The molecule has 0 aliphatic carbocycles. The minimum Gasteiger partial charge on any atom is -0.463 e. The van der Waals surface area contributed by atoms with E-state index in [1.807, 2.05) is 49.4 Å². The summed E-state index contributed by atoms with van der Waals surface area (Å²) < 4.78 is 5.35. The molecule has 0 saturated heterocycles. The number of carbonyl (C=O) groups is 2. The monoisotopic (exact) mass is 287 g/mol. The second kappa shape index (κ2) is 7.62. The number of hydrogen-bond acceptors (Lipinski definition) is 3. The molecule has 0 saturated carbocycles. The smallest absolute Gasteiger partial charge is 0.309 e. The van der Waals surface area contributed by atoms with Gasteiger partial charge in [-0.25, -0.2) is 0 Å². The fraction of sp³-hybridized carbons (Fsp3) is 0.412. The fourth-order valence-electron chi connectivity index (χ4n) is 2.21. The molecule has 0 aromatic heterocycles. The lowest BCUT2D eigenvalue weighted by atomic mass is 10.1. The molecule has 1 aromatic rings. The standard InChI is InChI=1S/C17H21NO3/c1-13-8-4-2-7-11-16(19)18-15(12-21-17(13)20)14-9-5-3-6-10-14/h2-6,9-10,13,15H,7-8,11-12H2,1H3,(H,18,19)/t13-,15+/m0/s1. The molecule has 0 unspecified atom stereocenters. The molecule has 4 heteroatoms. The van der Waals surface area contributed by atoms with Gasteiger partial charge in [-0.1, -0.05) is 49.4 Å². The van der Waals surface area contributed by atoms with Gasteiger partial charge in [0.05, 0.1) is 12.0 Å². The second-order valence-electron chi connectivity index (χ2n) is 5.31. The third kappa shape index (κ3) is 4.74. The summed E-state index contributed by atoms with van der Waals surface area (Å²) in [4.78, 5) is 23.9. The lowest BCUT2D eigenvalue weighted by Crippen LogP contribution is -2.32. The van der Waals surface area contributed by atoms with Crippen LogP contribution < -0.4 is 5.32 Å². The highest BCUT2D eigenvalue weighted by Gasteiger charge is 2.19. The number of carbonyl (C=O) groups excluding carboxylic acids is 2. The second-order valence-corrected chi connectivity index (χ2v) is 5.31. The Morgan fingerprint density at radius 1 is 1.14 bits per heavy atom. The van der Waals surface area contributed by atoms with Crippen LogP contribution in [0.1, 0.15) is 37.8 Å². The van der Waals surface area contributed by atoms with Gasteiger partial charge in [0, 0.05) is 6.42 Å². The van der Waals surface area contributed by atoms with Crippen molar-refractivity contribution < 1.29 is 14.3 Å². The highest BCUT2D eigenvalue weighted by atomic mass is 16.5. The molecule has 1 aliphatic heterocycles. The van der Waals surface area contributed by atoms with E-state index in [1.54, 1.807) is 0 Å². The van der Waals surface area contributed by atoms with E-state index in [2.05, 4.69) is 5.32 Å². The molecular weight excluding hydrogens is 266 g/mol. The van der Waals surface area contributed by atoms with E-state index < -0.39 is 0 Å². The van der Waals surface area contributed by atoms with E-state index in [1.165, 1.54) is 0 Å². The Bertz CT molecular complexity index is 510. The molecule has 1 amide bonds. The number of nitrogens with one attached hydrogen (secondary N) is 1. The van der Waals surface area contributed by atoms with Crippen molar-refractivity contribution in [3.05, 3.63) is 48.0 Å². The van der Waals surface area contributed by atoms with Gasteiger partial charge < -0.3 is 10.1 Å². The fourth-order valence-corrected chi connectivity index (χ4v) is 2.21. The van der Waals surface area contributed by atoms with E-state index in [0.29, 0.717) is 19.3 Å². The number of allylic oxidation sites excluding steroid dienone is 2. The zero-order chi connectivity index (χ0) is 15.1. The third-order valence-electron chi connectivity index (χ3n) is 3.53. The van der Waals surface area contributed by atoms with Crippen LogP contribution in [0.5, 0.6) is 0 Å². The number of benzene rings is 1. The molecule has 4 nitrogen and oxygen atoms in total. The number of esters is 1. The molecule has 2 rings (SSSR count). The van der Waals surface area contributed by atoms with Crippen molar-refractivity contribution in [2.45, 2.75) is 32.2 Å². The molecule has 1 N–H and O–H groups in total. The summed E-state index contributed by atoms with van der Waals surface area (Å²) in [5, 5.41) is 2.94. The van der Waals surface area contributed by atoms with Crippen molar-refractivity contribution in [3.8, 4) is 0 Å². The molecule has 1 aliphatic rings. The van der Waals surface area contributed by atoms with E-state index in [-0.39, 0.29) is 30.4 Å². The number of rotatable bonds is 1. The predicted molar refractivity (Wildman–Crippen MR) is 80.4 cm³/mol. The molecule has 0 fully saturated rings. The average Bonchev–Trinajstić information content (AvgIpc) is 2.50. The summed E-state index contributed by atoms with van der Waals surface area (Å²) in [7, 11) is 0. The number of ether oxygens (including phenoxy) is 1. The molecular formula is C17H21NO3. The van der Waals surface area contributed by atoms with E-state index >= 15 is 0 Å². The van der Waals surface area contributed by atoms with Crippen LogP contribution in [0.3, 0.4) is 0 Å². The molecule has 1 aromatic carbocycles.